The van der Waals surface area contributed by atoms with Crippen molar-refractivity contribution in [3.63, 3.8) is 0 Å². The van der Waals surface area contributed by atoms with Crippen LogP contribution in [0, 0.1) is 5.82 Å². The zero-order valence-corrected chi connectivity index (χ0v) is 21.9. The van der Waals surface area contributed by atoms with Crippen molar-refractivity contribution in [3.05, 3.63) is 69.0 Å². The molecule has 2 atom stereocenters. The van der Waals surface area contributed by atoms with Crippen molar-refractivity contribution in [1.29, 1.82) is 0 Å². The van der Waals surface area contributed by atoms with E-state index in [1.165, 1.54) is 6.07 Å². The number of nitrogens with one attached hydrogen (secondary N) is 1. The van der Waals surface area contributed by atoms with Crippen LogP contribution in [0.5, 0.6) is 0 Å². The van der Waals surface area contributed by atoms with Gasteiger partial charge in [-0.25, -0.2) is 4.39 Å². The van der Waals surface area contributed by atoms with Gasteiger partial charge in [-0.15, -0.1) is 0 Å². The number of amides is 1. The highest BCUT2D eigenvalue weighted by molar-refractivity contribution is 6.42. The quantitative estimate of drug-likeness (QED) is 0.460. The fourth-order valence-corrected chi connectivity index (χ4v) is 4.82. The van der Waals surface area contributed by atoms with Crippen molar-refractivity contribution in [1.82, 2.24) is 20.0 Å². The van der Waals surface area contributed by atoms with Gasteiger partial charge in [0.2, 0.25) is 5.91 Å². The lowest BCUT2D eigenvalue weighted by atomic mass is 9.93. The molecule has 1 heterocycles. The molecule has 2 aromatic carbocycles. The van der Waals surface area contributed by atoms with Crippen LogP contribution in [0.25, 0.3) is 0 Å². The van der Waals surface area contributed by atoms with Crippen LogP contribution in [0.2, 0.25) is 10.0 Å². The molecule has 1 aliphatic rings. The number of nitrogens with zero attached hydrogens (tertiary/aromatic N) is 3. The molecular weight excluding hydrogens is 519 g/mol. The summed E-state index contributed by atoms with van der Waals surface area (Å²) < 4.78 is 53.0. The Labute approximate surface area is 218 Å². The van der Waals surface area contributed by atoms with Crippen molar-refractivity contribution in [2.24, 2.45) is 0 Å². The minimum atomic E-state index is -4.75. The largest absolute Gasteiger partial charge is 0.419 e. The summed E-state index contributed by atoms with van der Waals surface area (Å²) >= 11 is 12.4. The van der Waals surface area contributed by atoms with Crippen LogP contribution >= 0.6 is 23.2 Å². The maximum absolute atomic E-state index is 14.1. The van der Waals surface area contributed by atoms with Gasteiger partial charge >= 0.3 is 6.18 Å². The summed E-state index contributed by atoms with van der Waals surface area (Å²) in [5.74, 6) is -1.44. The minimum absolute atomic E-state index is 0.0184. The van der Waals surface area contributed by atoms with Gasteiger partial charge in [0.15, 0.2) is 0 Å². The van der Waals surface area contributed by atoms with E-state index in [1.807, 2.05) is 37.0 Å². The molecule has 1 aliphatic heterocycles. The van der Waals surface area contributed by atoms with Crippen LogP contribution in [-0.2, 0) is 17.5 Å². The lowest BCUT2D eigenvalue weighted by Crippen LogP contribution is -2.41. The average Bonchev–Trinajstić information content (AvgIpc) is 3.24. The second kappa shape index (κ2) is 12.1. The van der Waals surface area contributed by atoms with E-state index in [2.05, 4.69) is 5.32 Å². The summed E-state index contributed by atoms with van der Waals surface area (Å²) in [7, 11) is 5.54. The Bertz CT molecular complexity index is 1070. The van der Waals surface area contributed by atoms with Crippen LogP contribution in [0.3, 0.4) is 0 Å². The molecule has 5 nitrogen and oxygen atoms in total. The van der Waals surface area contributed by atoms with Crippen LogP contribution in [-0.4, -0.2) is 80.5 Å². The maximum atomic E-state index is 14.1. The SMILES string of the molecule is CNCCN(C)CC(=O)N1CC(c2ccc(Cl)c(Cl)c2)C(N(C)Cc2ccc(C(F)(F)F)c(F)c2)C1. The van der Waals surface area contributed by atoms with Gasteiger partial charge in [0.25, 0.3) is 0 Å². The third-order valence-corrected chi connectivity index (χ3v) is 7.24. The van der Waals surface area contributed by atoms with E-state index >= 15 is 0 Å². The predicted molar refractivity (Wildman–Crippen MR) is 134 cm³/mol. The molecular formula is C25H30Cl2F4N4O. The molecule has 1 amide bonds. The topological polar surface area (TPSA) is 38.8 Å². The fraction of sp³-hybridized carbons (Fsp3) is 0.480. The van der Waals surface area contributed by atoms with Crippen LogP contribution in [0.15, 0.2) is 36.4 Å². The van der Waals surface area contributed by atoms with Crippen LogP contribution < -0.4 is 5.32 Å². The number of hydrogen-bond acceptors (Lipinski definition) is 4. The number of rotatable bonds is 9. The van der Waals surface area contributed by atoms with Gasteiger partial charge < -0.3 is 10.2 Å². The molecule has 0 aromatic heterocycles. The van der Waals surface area contributed by atoms with Crippen LogP contribution in [0.4, 0.5) is 17.6 Å². The van der Waals surface area contributed by atoms with E-state index in [0.717, 1.165) is 30.8 Å². The number of likely N-dealkylation sites (tertiary alicyclic amines) is 1. The van der Waals surface area contributed by atoms with Gasteiger partial charge in [0.1, 0.15) is 5.82 Å². The molecule has 11 heteroatoms. The molecule has 1 N–H and O–H groups in total. The van der Waals surface area contributed by atoms with Gasteiger partial charge in [-0.3, -0.25) is 14.6 Å². The molecule has 2 unspecified atom stereocenters. The standard InChI is InChI=1S/C25H30Cl2F4N4O/c1-32-8-9-33(2)15-24(36)35-13-18(17-5-7-20(26)21(27)11-17)23(14-35)34(3)12-16-4-6-19(22(28)10-16)25(29,30)31/h4-7,10-11,18,23,32H,8-9,12-15H2,1-3H3. The smallest absolute Gasteiger partial charge is 0.339 e. The van der Waals surface area contributed by atoms with Crippen molar-refractivity contribution in [3.8, 4) is 0 Å². The van der Waals surface area contributed by atoms with E-state index in [0.29, 0.717) is 28.7 Å². The number of alkyl halides is 3. The highest BCUT2D eigenvalue weighted by Crippen LogP contribution is 2.35. The molecule has 0 aliphatic carbocycles. The van der Waals surface area contributed by atoms with Gasteiger partial charge in [0.05, 0.1) is 22.2 Å². The molecule has 198 valence electrons. The fourth-order valence-electron chi connectivity index (χ4n) is 4.51. The first kappa shape index (κ1) is 28.7. The highest BCUT2D eigenvalue weighted by atomic mass is 35.5. The predicted octanol–water partition coefficient (Wildman–Crippen LogP) is 4.73. The van der Waals surface area contributed by atoms with Crippen molar-refractivity contribution < 1.29 is 22.4 Å². The Morgan fingerprint density at radius 1 is 1.11 bits per heavy atom. The van der Waals surface area contributed by atoms with E-state index in [4.69, 9.17) is 23.2 Å². The summed E-state index contributed by atoms with van der Waals surface area (Å²) in [6.45, 7) is 2.81. The molecule has 1 saturated heterocycles. The number of carbonyl (C=O) groups excluding carboxylic acids is 1. The van der Waals surface area contributed by atoms with Gasteiger partial charge in [-0.05, 0) is 56.5 Å². The molecule has 0 spiro atoms. The Balaban J connectivity index is 1.81. The molecule has 0 radical (unpaired) electrons. The molecule has 0 bridgehead atoms. The number of hydrogen-bond donors (Lipinski definition) is 1. The Morgan fingerprint density at radius 2 is 1.83 bits per heavy atom. The summed E-state index contributed by atoms with van der Waals surface area (Å²) in [4.78, 5) is 18.7. The third kappa shape index (κ3) is 7.10. The zero-order valence-electron chi connectivity index (χ0n) is 20.4. The first-order chi connectivity index (χ1) is 16.9. The molecule has 36 heavy (non-hydrogen) atoms. The third-order valence-electron chi connectivity index (χ3n) is 6.50. The molecule has 3 rings (SSSR count). The van der Waals surface area contributed by atoms with E-state index in [9.17, 15) is 22.4 Å². The Morgan fingerprint density at radius 3 is 2.44 bits per heavy atom. The van der Waals surface area contributed by atoms with Crippen LogP contribution in [0.1, 0.15) is 22.6 Å². The maximum Gasteiger partial charge on any atom is 0.419 e. The molecule has 1 fully saturated rings. The summed E-state index contributed by atoms with van der Waals surface area (Å²) in [6.07, 6.45) is -4.75. The van der Waals surface area contributed by atoms with Gasteiger partial charge in [-0.2, -0.15) is 13.2 Å². The lowest BCUT2D eigenvalue weighted by Gasteiger charge is -2.29. The monoisotopic (exact) mass is 548 g/mol. The van der Waals surface area contributed by atoms with Crippen molar-refractivity contribution in [2.45, 2.75) is 24.7 Å². The minimum Gasteiger partial charge on any atom is -0.339 e. The van der Waals surface area contributed by atoms with Gasteiger partial charge in [-0.1, -0.05) is 35.3 Å². The Hall–Kier alpha value is -1.91. The van der Waals surface area contributed by atoms with E-state index in [-0.39, 0.29) is 31.0 Å². The summed E-state index contributed by atoms with van der Waals surface area (Å²) in [5.41, 5.74) is 0.0220. The zero-order chi connectivity index (χ0) is 26.6. The van der Waals surface area contributed by atoms with Crippen molar-refractivity contribution in [2.75, 3.05) is 53.9 Å². The second-order valence-corrected chi connectivity index (χ2v) is 10.0. The average molecular weight is 549 g/mol. The Kier molecular flexibility index (Phi) is 9.62. The summed E-state index contributed by atoms with van der Waals surface area (Å²) in [6, 6.07) is 8.15. The summed E-state index contributed by atoms with van der Waals surface area (Å²) in [5, 5.41) is 3.87. The van der Waals surface area contributed by atoms with Crippen molar-refractivity contribution >= 4 is 29.1 Å². The normalized spacial score (nSPS) is 18.5. The second-order valence-electron chi connectivity index (χ2n) is 9.21. The van der Waals surface area contributed by atoms with E-state index < -0.39 is 17.6 Å². The number of halogens is 6. The van der Waals surface area contributed by atoms with E-state index in [1.54, 1.807) is 17.0 Å². The van der Waals surface area contributed by atoms with Gasteiger partial charge in [0, 0.05) is 44.7 Å². The first-order valence-corrected chi connectivity index (χ1v) is 12.3. The molecule has 0 saturated carbocycles. The lowest BCUT2D eigenvalue weighted by molar-refractivity contribution is -0.140. The number of benzene rings is 2. The molecule has 2 aromatic rings. The number of likely N-dealkylation sites (N-methyl/N-ethyl adjacent to an activating group) is 3. The first-order valence-electron chi connectivity index (χ1n) is 11.5. The highest BCUT2D eigenvalue weighted by Gasteiger charge is 2.39. The number of carbonyl (C=O) groups is 1.